The minimum Gasteiger partial charge on any atom is -0.302 e. The molecule has 0 saturated carbocycles. The number of nitro benzene ring substituents is 1. The smallest absolute Gasteiger partial charge is 0.270 e. The van der Waals surface area contributed by atoms with Gasteiger partial charge in [-0.2, -0.15) is 0 Å². The van der Waals surface area contributed by atoms with Gasteiger partial charge in [-0.1, -0.05) is 48.9 Å². The van der Waals surface area contributed by atoms with E-state index in [0.717, 1.165) is 23.3 Å². The molecule has 0 aliphatic carbocycles. The van der Waals surface area contributed by atoms with Crippen LogP contribution in [0.4, 0.5) is 10.8 Å². The number of rotatable bonds is 8. The molecule has 0 aliphatic rings. The molecule has 0 fully saturated rings. The average Bonchev–Trinajstić information content (AvgIpc) is 3.14. The predicted octanol–water partition coefficient (Wildman–Crippen LogP) is 4.85. The number of para-hydroxylation sites is 1. The number of non-ortho nitro benzene ring substituents is 1. The second-order valence-corrected chi connectivity index (χ2v) is 7.79. The molecule has 29 heavy (non-hydrogen) atoms. The summed E-state index contributed by atoms with van der Waals surface area (Å²) in [6.45, 7) is 6.89. The average molecular weight is 433 g/mol. The van der Waals surface area contributed by atoms with Gasteiger partial charge >= 0.3 is 0 Å². The van der Waals surface area contributed by atoms with Gasteiger partial charge in [0.05, 0.1) is 25.7 Å². The highest BCUT2D eigenvalue weighted by Gasteiger charge is 2.25. The summed E-state index contributed by atoms with van der Waals surface area (Å²) in [7, 11) is 0. The Morgan fingerprint density at radius 1 is 1.17 bits per heavy atom. The van der Waals surface area contributed by atoms with Crippen molar-refractivity contribution in [2.45, 2.75) is 13.8 Å². The summed E-state index contributed by atoms with van der Waals surface area (Å²) in [5.74, 6) is -0.398. The number of hydrogen-bond acceptors (Lipinski definition) is 6. The molecule has 152 valence electrons. The summed E-state index contributed by atoms with van der Waals surface area (Å²) in [5, 5.41) is 11.9. The van der Waals surface area contributed by atoms with Crippen LogP contribution in [0.2, 0.25) is 5.02 Å². The number of nitro groups is 1. The van der Waals surface area contributed by atoms with Crippen LogP contribution in [0.5, 0.6) is 0 Å². The molecule has 1 heterocycles. The molecule has 2 aromatic carbocycles. The van der Waals surface area contributed by atoms with E-state index in [-0.39, 0.29) is 16.3 Å². The van der Waals surface area contributed by atoms with E-state index < -0.39 is 10.8 Å². The van der Waals surface area contributed by atoms with Crippen LogP contribution in [-0.4, -0.2) is 46.9 Å². The van der Waals surface area contributed by atoms with Crippen LogP contribution in [-0.2, 0) is 0 Å². The Kier molecular flexibility index (Phi) is 6.79. The number of carbonyl (C=O) groups excluding carboxylic acids is 1. The van der Waals surface area contributed by atoms with Crippen LogP contribution in [0.3, 0.4) is 0 Å². The number of hydrogen-bond donors (Lipinski definition) is 0. The third-order valence-corrected chi connectivity index (χ3v) is 6.07. The molecule has 1 amide bonds. The van der Waals surface area contributed by atoms with E-state index in [1.54, 1.807) is 4.90 Å². The Morgan fingerprint density at radius 3 is 2.55 bits per heavy atom. The zero-order valence-corrected chi connectivity index (χ0v) is 17.7. The maximum absolute atomic E-state index is 13.4. The molecule has 0 spiro atoms. The summed E-state index contributed by atoms with van der Waals surface area (Å²) in [6.07, 6.45) is 0. The number of carbonyl (C=O) groups is 1. The SMILES string of the molecule is CCN(CC)CCN(C(=O)c1cc([N+](=O)[O-])ccc1Cl)c1nc2ccccc2s1. The van der Waals surface area contributed by atoms with E-state index in [2.05, 4.69) is 23.7 Å². The number of thiazole rings is 1. The van der Waals surface area contributed by atoms with Crippen molar-refractivity contribution in [2.24, 2.45) is 0 Å². The fourth-order valence-corrected chi connectivity index (χ4v) is 4.17. The highest BCUT2D eigenvalue weighted by molar-refractivity contribution is 7.22. The molecule has 0 atom stereocenters. The van der Waals surface area contributed by atoms with Crippen LogP contribution in [0, 0.1) is 10.1 Å². The molecule has 0 aliphatic heterocycles. The van der Waals surface area contributed by atoms with Gasteiger partial charge in [-0.15, -0.1) is 0 Å². The number of fused-ring (bicyclic) bond motifs is 1. The van der Waals surface area contributed by atoms with Crippen LogP contribution in [0.15, 0.2) is 42.5 Å². The molecule has 3 aromatic rings. The van der Waals surface area contributed by atoms with Crippen molar-refractivity contribution in [3.05, 3.63) is 63.2 Å². The van der Waals surface area contributed by atoms with Crippen molar-refractivity contribution >= 4 is 49.9 Å². The van der Waals surface area contributed by atoms with Gasteiger partial charge < -0.3 is 4.90 Å². The molecule has 1 aromatic heterocycles. The lowest BCUT2D eigenvalue weighted by Gasteiger charge is -2.25. The normalized spacial score (nSPS) is 11.2. The Hall–Kier alpha value is -2.55. The van der Waals surface area contributed by atoms with Crippen LogP contribution >= 0.6 is 22.9 Å². The first-order valence-electron chi connectivity index (χ1n) is 9.28. The first-order valence-corrected chi connectivity index (χ1v) is 10.5. The number of amides is 1. The first-order chi connectivity index (χ1) is 13.9. The zero-order chi connectivity index (χ0) is 21.0. The quantitative estimate of drug-likeness (QED) is 0.375. The summed E-state index contributed by atoms with van der Waals surface area (Å²) in [5.41, 5.74) is 0.726. The summed E-state index contributed by atoms with van der Waals surface area (Å²) in [4.78, 5) is 32.4. The van der Waals surface area contributed by atoms with Gasteiger partial charge in [0.15, 0.2) is 5.13 Å². The third-order valence-electron chi connectivity index (χ3n) is 4.68. The van der Waals surface area contributed by atoms with Crippen molar-refractivity contribution in [2.75, 3.05) is 31.1 Å². The molecule has 0 saturated heterocycles. The fourth-order valence-electron chi connectivity index (χ4n) is 2.98. The Balaban J connectivity index is 2.01. The standard InChI is InChI=1S/C20H21ClN4O3S/c1-3-23(4-2)11-12-24(20-22-17-7-5-6-8-18(17)29-20)19(26)15-13-14(25(27)28)9-10-16(15)21/h5-10,13H,3-4,11-12H2,1-2H3. The van der Waals surface area contributed by atoms with Gasteiger partial charge in [0.2, 0.25) is 0 Å². The monoisotopic (exact) mass is 432 g/mol. The van der Waals surface area contributed by atoms with Crippen LogP contribution in [0.1, 0.15) is 24.2 Å². The zero-order valence-electron chi connectivity index (χ0n) is 16.2. The first kappa shape index (κ1) is 21.2. The second kappa shape index (κ2) is 9.30. The molecule has 7 nitrogen and oxygen atoms in total. The molecule has 3 rings (SSSR count). The number of aromatic nitrogens is 1. The lowest BCUT2D eigenvalue weighted by atomic mass is 10.1. The van der Waals surface area contributed by atoms with E-state index in [4.69, 9.17) is 11.6 Å². The highest BCUT2D eigenvalue weighted by Crippen LogP contribution is 2.31. The minimum atomic E-state index is -0.537. The number of benzene rings is 2. The van der Waals surface area contributed by atoms with Gasteiger partial charge in [0, 0.05) is 25.2 Å². The van der Waals surface area contributed by atoms with Crippen molar-refractivity contribution in [1.82, 2.24) is 9.88 Å². The fraction of sp³-hybridized carbons (Fsp3) is 0.300. The molecule has 0 bridgehead atoms. The van der Waals surface area contributed by atoms with Crippen molar-refractivity contribution < 1.29 is 9.72 Å². The third kappa shape index (κ3) is 4.72. The van der Waals surface area contributed by atoms with Gasteiger partial charge in [-0.3, -0.25) is 19.8 Å². The lowest BCUT2D eigenvalue weighted by molar-refractivity contribution is -0.384. The Labute approximate surface area is 177 Å². The van der Waals surface area contributed by atoms with E-state index in [9.17, 15) is 14.9 Å². The number of likely N-dealkylation sites (N-methyl/N-ethyl adjacent to an activating group) is 1. The largest absolute Gasteiger partial charge is 0.302 e. The molecule has 0 radical (unpaired) electrons. The highest BCUT2D eigenvalue weighted by atomic mass is 35.5. The summed E-state index contributed by atoms with van der Waals surface area (Å²) in [6, 6.07) is 11.6. The molecular weight excluding hydrogens is 412 g/mol. The second-order valence-electron chi connectivity index (χ2n) is 6.37. The topological polar surface area (TPSA) is 79.6 Å². The molecule has 0 N–H and O–H groups in total. The Bertz CT molecular complexity index is 1000. The van der Waals surface area contributed by atoms with Gasteiger partial charge in [-0.05, 0) is 31.3 Å². The summed E-state index contributed by atoms with van der Waals surface area (Å²) >= 11 is 7.64. The van der Waals surface area contributed by atoms with E-state index in [1.807, 2.05) is 24.3 Å². The minimum absolute atomic E-state index is 0.0969. The van der Waals surface area contributed by atoms with Crippen molar-refractivity contribution in [3.8, 4) is 0 Å². The Morgan fingerprint density at radius 2 is 1.90 bits per heavy atom. The van der Waals surface area contributed by atoms with Crippen LogP contribution < -0.4 is 4.90 Å². The molecular formula is C20H21ClN4O3S. The van der Waals surface area contributed by atoms with E-state index >= 15 is 0 Å². The van der Waals surface area contributed by atoms with Crippen molar-refractivity contribution in [1.29, 1.82) is 0 Å². The van der Waals surface area contributed by atoms with Crippen molar-refractivity contribution in [3.63, 3.8) is 0 Å². The van der Waals surface area contributed by atoms with Gasteiger partial charge in [0.25, 0.3) is 11.6 Å². The lowest BCUT2D eigenvalue weighted by Crippen LogP contribution is -2.39. The van der Waals surface area contributed by atoms with Crippen LogP contribution in [0.25, 0.3) is 10.2 Å². The molecule has 9 heteroatoms. The number of anilines is 1. The summed E-state index contributed by atoms with van der Waals surface area (Å²) < 4.78 is 0.966. The number of halogens is 1. The van der Waals surface area contributed by atoms with Gasteiger partial charge in [0.1, 0.15) is 0 Å². The molecule has 0 unspecified atom stereocenters. The predicted molar refractivity (Wildman–Crippen MR) is 117 cm³/mol. The maximum atomic E-state index is 13.4. The van der Waals surface area contributed by atoms with E-state index in [0.29, 0.717) is 18.2 Å². The van der Waals surface area contributed by atoms with Gasteiger partial charge in [-0.25, -0.2) is 4.98 Å². The van der Waals surface area contributed by atoms with E-state index in [1.165, 1.54) is 29.5 Å². The number of nitrogens with zero attached hydrogens (tertiary/aromatic N) is 4. The maximum Gasteiger partial charge on any atom is 0.270 e.